The molecule has 2 aliphatic heterocycles. The van der Waals surface area contributed by atoms with Crippen LogP contribution in [0.1, 0.15) is 155 Å². The third-order valence-corrected chi connectivity index (χ3v) is 15.3. The van der Waals surface area contributed by atoms with E-state index in [2.05, 4.69) is 64.8 Å². The van der Waals surface area contributed by atoms with E-state index in [1.54, 1.807) is 0 Å². The standard InChI is InChI=1S/C52H85N3O18P2/c1-3-5-7-8-9-10-11-12-13-14-15-16-17-18-19-20-25-29-47(59)68-36-40-37-69-74(64,65)73-75(66,67)70-38-45-50(62)49(61)41(32-31-39(56)27-23-6-4-2)43(57)35-44(58)42(28-24-21-22-26-30-48(60)71-40)51(72-45)55-34-33-46(53)54-52(55)63/h5,7,9-10,12-13,15-16,31-34,39-45,49-51,56-58,61-62H,3-4,6,8,11,14,17-30,35-38H2,1-2H3,(H,64,65)(H,66,67)(H2,53,54,63)/b7-5-,10-9-,13-12-,16-15-,32-31+/t39-,40+,41-,42-,43+,44-,45+,49-,50+,51+/m0/s1. The molecule has 0 saturated carbocycles. The minimum Gasteiger partial charge on any atom is -0.462 e. The Balaban J connectivity index is 1.73. The van der Waals surface area contributed by atoms with Gasteiger partial charge in [0.15, 0.2) is 6.10 Å². The minimum atomic E-state index is -5.70. The number of esters is 2. The Morgan fingerprint density at radius 2 is 1.49 bits per heavy atom. The zero-order valence-corrected chi connectivity index (χ0v) is 45.4. The maximum atomic E-state index is 13.4. The van der Waals surface area contributed by atoms with Gasteiger partial charge in [0, 0.05) is 37.3 Å². The van der Waals surface area contributed by atoms with Crippen molar-refractivity contribution in [1.29, 1.82) is 0 Å². The van der Waals surface area contributed by atoms with Crippen LogP contribution in [0.25, 0.3) is 0 Å². The van der Waals surface area contributed by atoms with Crippen molar-refractivity contribution in [3.8, 4) is 0 Å². The molecule has 23 heteroatoms. The number of aliphatic hydroxyl groups excluding tert-OH is 5. The molecular weight excluding hydrogens is 1020 g/mol. The molecule has 2 fully saturated rings. The zero-order chi connectivity index (χ0) is 55.1. The van der Waals surface area contributed by atoms with Gasteiger partial charge in [-0.25, -0.2) is 13.9 Å². The SMILES string of the molecule is CC/C=C\C/C=C\C/C=C\C/C=C\CCCCCCC(=O)OC[C@@H]1COP(=O)(O)OP(=O)(O)OC[C@H]2O[C@@H](n3ccc(N)nc3=O)[C@@H](CCCCCCC(=O)O1)[C@@H](O)C[C@@H](O)[C@H](/C=C/[C@@H](O)CCCCC)[C@H](O)[C@@H]2O. The summed E-state index contributed by atoms with van der Waals surface area (Å²) in [5.41, 5.74) is 4.81. The second kappa shape index (κ2) is 36.4. The summed E-state index contributed by atoms with van der Waals surface area (Å²) >= 11 is 0. The number of anilines is 1. The van der Waals surface area contributed by atoms with Crippen molar-refractivity contribution in [2.75, 3.05) is 25.6 Å². The lowest BCUT2D eigenvalue weighted by Gasteiger charge is -2.41. The topological polar surface area (TPSA) is 326 Å². The number of hydrogen-bond acceptors (Lipinski definition) is 18. The van der Waals surface area contributed by atoms with E-state index < -0.39 is 120 Å². The number of hydrogen-bond donors (Lipinski definition) is 8. The number of cyclic esters (lactones) is 1. The Kier molecular flexibility index (Phi) is 31.9. The number of carbonyl (C=O) groups is 2. The van der Waals surface area contributed by atoms with E-state index in [0.29, 0.717) is 44.9 Å². The molecule has 426 valence electrons. The molecule has 2 saturated heterocycles. The van der Waals surface area contributed by atoms with Gasteiger partial charge in [0.25, 0.3) is 0 Å². The highest BCUT2D eigenvalue weighted by Gasteiger charge is 2.45. The van der Waals surface area contributed by atoms with Gasteiger partial charge in [0.05, 0.1) is 37.6 Å². The second-order valence-corrected chi connectivity index (χ2v) is 22.0. The fraction of sp³-hybridized carbons (Fsp3) is 0.692. The molecule has 21 nitrogen and oxygen atoms in total. The number of carbonyl (C=O) groups excluding carboxylic acids is 2. The predicted molar refractivity (Wildman–Crippen MR) is 281 cm³/mol. The molecule has 2 bridgehead atoms. The van der Waals surface area contributed by atoms with Crippen LogP contribution >= 0.6 is 15.6 Å². The Labute approximate surface area is 441 Å². The van der Waals surface area contributed by atoms with Gasteiger partial charge in [-0.2, -0.15) is 9.29 Å². The number of rotatable bonds is 23. The van der Waals surface area contributed by atoms with Crippen molar-refractivity contribution >= 4 is 33.4 Å². The lowest BCUT2D eigenvalue weighted by Crippen LogP contribution is -2.52. The number of phosphoric ester groups is 2. The van der Waals surface area contributed by atoms with Gasteiger partial charge in [-0.1, -0.05) is 126 Å². The molecule has 12 atom stereocenters. The van der Waals surface area contributed by atoms with Crippen molar-refractivity contribution in [1.82, 2.24) is 9.55 Å². The molecule has 75 heavy (non-hydrogen) atoms. The van der Waals surface area contributed by atoms with Crippen LogP contribution < -0.4 is 11.4 Å². The third kappa shape index (κ3) is 27.0. The quantitative estimate of drug-likeness (QED) is 0.0228. The molecule has 3 rings (SSSR count). The van der Waals surface area contributed by atoms with Gasteiger partial charge in [0.2, 0.25) is 0 Å². The summed E-state index contributed by atoms with van der Waals surface area (Å²) in [6, 6.07) is 1.26. The maximum Gasteiger partial charge on any atom is 0.481 e. The summed E-state index contributed by atoms with van der Waals surface area (Å²) in [6.45, 7) is 1.41. The highest BCUT2D eigenvalue weighted by atomic mass is 31.3. The van der Waals surface area contributed by atoms with Gasteiger partial charge < -0.3 is 55.3 Å². The van der Waals surface area contributed by atoms with Crippen LogP contribution in [0.3, 0.4) is 0 Å². The first-order valence-corrected chi connectivity index (χ1v) is 29.5. The number of nitrogen functional groups attached to an aromatic ring is 1. The van der Waals surface area contributed by atoms with E-state index in [1.807, 2.05) is 6.92 Å². The smallest absolute Gasteiger partial charge is 0.462 e. The van der Waals surface area contributed by atoms with Crippen LogP contribution in [0.2, 0.25) is 0 Å². The normalized spacial score (nSPS) is 30.1. The first-order chi connectivity index (χ1) is 35.9. The Hall–Kier alpha value is -3.66. The van der Waals surface area contributed by atoms with E-state index in [9.17, 15) is 58.8 Å². The molecule has 3 heterocycles. The summed E-state index contributed by atoms with van der Waals surface area (Å²) in [7, 11) is -11.3. The van der Waals surface area contributed by atoms with Crippen LogP contribution in [0, 0.1) is 11.8 Å². The molecule has 0 aliphatic carbocycles. The average molecular weight is 1100 g/mol. The summed E-state index contributed by atoms with van der Waals surface area (Å²) in [6.07, 6.45) is 19.6. The summed E-state index contributed by atoms with van der Waals surface area (Å²) in [4.78, 5) is 64.2. The maximum absolute atomic E-state index is 13.4. The molecule has 0 amide bonds. The first-order valence-electron chi connectivity index (χ1n) is 26.6. The molecule has 1 aromatic heterocycles. The number of unbranched alkanes of at least 4 members (excludes halogenated alkanes) is 6. The van der Waals surface area contributed by atoms with Crippen molar-refractivity contribution in [2.24, 2.45) is 11.8 Å². The minimum absolute atomic E-state index is 0.0565. The van der Waals surface area contributed by atoms with Gasteiger partial charge in [-0.15, -0.1) is 0 Å². The molecule has 1 aromatic rings. The molecule has 2 unspecified atom stereocenters. The highest BCUT2D eigenvalue weighted by Crippen LogP contribution is 2.60. The van der Waals surface area contributed by atoms with E-state index >= 15 is 0 Å². The van der Waals surface area contributed by atoms with Crippen LogP contribution in [0.15, 0.2) is 77.8 Å². The first kappa shape index (κ1) is 65.6. The predicted octanol–water partition coefficient (Wildman–Crippen LogP) is 7.49. The van der Waals surface area contributed by atoms with E-state index in [-0.39, 0.29) is 25.1 Å². The fourth-order valence-electron chi connectivity index (χ4n) is 8.49. The highest BCUT2D eigenvalue weighted by molar-refractivity contribution is 7.61. The molecule has 0 radical (unpaired) electrons. The van der Waals surface area contributed by atoms with Crippen molar-refractivity contribution in [3.63, 3.8) is 0 Å². The Morgan fingerprint density at radius 1 is 0.840 bits per heavy atom. The lowest BCUT2D eigenvalue weighted by atomic mass is 9.82. The number of aliphatic hydroxyl groups is 5. The summed E-state index contributed by atoms with van der Waals surface area (Å²) in [5, 5.41) is 57.5. The average Bonchev–Trinajstić information content (AvgIpc) is 3.35. The van der Waals surface area contributed by atoms with Gasteiger partial charge >= 0.3 is 33.3 Å². The zero-order valence-electron chi connectivity index (χ0n) is 43.7. The molecular formula is C52H85N3O18P2. The number of ether oxygens (including phenoxy) is 3. The van der Waals surface area contributed by atoms with E-state index in [0.717, 1.165) is 68.8 Å². The van der Waals surface area contributed by atoms with E-state index in [1.165, 1.54) is 24.4 Å². The largest absolute Gasteiger partial charge is 0.481 e. The van der Waals surface area contributed by atoms with E-state index in [4.69, 9.17) is 29.0 Å². The number of allylic oxidation sites excluding steroid dienone is 8. The van der Waals surface area contributed by atoms with Crippen LogP contribution in [-0.2, 0) is 46.3 Å². The van der Waals surface area contributed by atoms with Gasteiger partial charge in [0.1, 0.15) is 30.9 Å². The lowest BCUT2D eigenvalue weighted by molar-refractivity contribution is -0.195. The number of fused-ring (bicyclic) bond motifs is 3. The van der Waals surface area contributed by atoms with Crippen molar-refractivity contribution in [3.05, 3.63) is 83.5 Å². The number of nitrogens with zero attached hydrogens (tertiary/aromatic N) is 2. The monoisotopic (exact) mass is 1100 g/mol. The molecule has 0 aromatic carbocycles. The summed E-state index contributed by atoms with van der Waals surface area (Å²) < 4.78 is 59.1. The van der Waals surface area contributed by atoms with Crippen molar-refractivity contribution < 1.29 is 81.6 Å². The number of nitrogens with two attached hydrogens (primary N) is 1. The Morgan fingerprint density at radius 3 is 2.17 bits per heavy atom. The third-order valence-electron chi connectivity index (χ3n) is 12.7. The second-order valence-electron chi connectivity index (χ2n) is 19.0. The van der Waals surface area contributed by atoms with Crippen LogP contribution in [-0.4, -0.2) is 119 Å². The molecule has 0 spiro atoms. The van der Waals surface area contributed by atoms with Crippen molar-refractivity contribution in [2.45, 2.75) is 198 Å². The van der Waals surface area contributed by atoms with Gasteiger partial charge in [-0.3, -0.25) is 23.2 Å². The van der Waals surface area contributed by atoms with Gasteiger partial charge in [-0.05, 0) is 70.3 Å². The number of aromatic nitrogens is 2. The van der Waals surface area contributed by atoms with Crippen LogP contribution in [0.5, 0.6) is 0 Å². The fourth-order valence-corrected chi connectivity index (χ4v) is 10.6. The summed E-state index contributed by atoms with van der Waals surface area (Å²) in [5.74, 6) is -4.02. The molecule has 9 N–H and O–H groups in total. The van der Waals surface area contributed by atoms with Crippen LogP contribution in [0.4, 0.5) is 5.82 Å². The number of phosphoric acid groups is 2. The Bertz CT molecular complexity index is 2120. The molecule has 2 aliphatic rings.